The van der Waals surface area contributed by atoms with Gasteiger partial charge in [-0.15, -0.1) is 11.3 Å². The third kappa shape index (κ3) is 7.97. The van der Waals surface area contributed by atoms with Gasteiger partial charge in [-0.3, -0.25) is 4.31 Å². The molecule has 1 aliphatic rings. The summed E-state index contributed by atoms with van der Waals surface area (Å²) in [6.45, 7) is 7.54. The van der Waals surface area contributed by atoms with E-state index in [1.807, 2.05) is 0 Å². The van der Waals surface area contributed by atoms with E-state index < -0.39 is 52.0 Å². The number of hydrogen-bond acceptors (Lipinski definition) is 9. The van der Waals surface area contributed by atoms with Crippen LogP contribution in [0.5, 0.6) is 5.75 Å². The summed E-state index contributed by atoms with van der Waals surface area (Å²) in [6.07, 6.45) is -3.64. The second kappa shape index (κ2) is 13.4. The molecule has 1 aliphatic heterocycles. The van der Waals surface area contributed by atoms with Gasteiger partial charge >= 0.3 is 18.1 Å². The number of alkyl halides is 3. The van der Waals surface area contributed by atoms with Gasteiger partial charge < -0.3 is 19.5 Å². The highest BCUT2D eigenvalue weighted by molar-refractivity contribution is 7.92. The molecule has 4 rings (SSSR count). The normalized spacial score (nSPS) is 14.6. The van der Waals surface area contributed by atoms with E-state index in [0.717, 1.165) is 35.6 Å². The van der Waals surface area contributed by atoms with Gasteiger partial charge in [-0.1, -0.05) is 12.1 Å². The lowest BCUT2D eigenvalue weighted by Gasteiger charge is -2.35. The summed E-state index contributed by atoms with van der Waals surface area (Å²) in [5.74, 6) is -1.16. The molecule has 0 spiro atoms. The van der Waals surface area contributed by atoms with Gasteiger partial charge in [0, 0.05) is 16.5 Å². The minimum absolute atomic E-state index is 0.117. The van der Waals surface area contributed by atoms with E-state index in [1.54, 1.807) is 52.0 Å². The number of carbonyl (C=O) groups is 2. The monoisotopic (exact) mass is 668 g/mol. The molecule has 0 unspecified atom stereocenters. The molecule has 0 radical (unpaired) electrons. The maximum atomic E-state index is 14.0. The van der Waals surface area contributed by atoms with Gasteiger partial charge in [0.05, 0.1) is 23.3 Å². The first-order chi connectivity index (χ1) is 21.0. The van der Waals surface area contributed by atoms with Crippen LogP contribution in [-0.2, 0) is 30.5 Å². The third-order valence-electron chi connectivity index (χ3n) is 6.96. The van der Waals surface area contributed by atoms with Gasteiger partial charge in [0.25, 0.3) is 10.0 Å². The molecule has 0 aliphatic carbocycles. The fourth-order valence-corrected chi connectivity index (χ4v) is 7.85. The first-order valence-corrected chi connectivity index (χ1v) is 16.4. The van der Waals surface area contributed by atoms with E-state index >= 15 is 0 Å². The predicted molar refractivity (Wildman–Crippen MR) is 164 cm³/mol. The maximum absolute atomic E-state index is 14.0. The zero-order valence-corrected chi connectivity index (χ0v) is 27.1. The highest BCUT2D eigenvalue weighted by atomic mass is 32.2. The molecule has 45 heavy (non-hydrogen) atoms. The number of piperidine rings is 1. The Morgan fingerprint density at radius 2 is 1.69 bits per heavy atom. The molecule has 1 N–H and O–H groups in total. The van der Waals surface area contributed by atoms with Gasteiger partial charge in [-0.2, -0.15) is 13.2 Å². The summed E-state index contributed by atoms with van der Waals surface area (Å²) in [4.78, 5) is 25.5. The second-order valence-corrected chi connectivity index (χ2v) is 14.3. The number of anilines is 1. The first-order valence-electron chi connectivity index (χ1n) is 14.1. The highest BCUT2D eigenvalue weighted by Gasteiger charge is 2.35. The van der Waals surface area contributed by atoms with Crippen molar-refractivity contribution in [3.63, 3.8) is 0 Å². The molecule has 1 fully saturated rings. The number of methoxy groups -OCH3 is 1. The van der Waals surface area contributed by atoms with Crippen LogP contribution < -0.4 is 14.4 Å². The van der Waals surface area contributed by atoms with Crippen molar-refractivity contribution in [2.75, 3.05) is 31.1 Å². The molecule has 2 aromatic carbocycles. The minimum Gasteiger partial charge on any atom is -0.480 e. The van der Waals surface area contributed by atoms with E-state index in [2.05, 4.69) is 5.32 Å². The van der Waals surface area contributed by atoms with Gasteiger partial charge in [0.2, 0.25) is 0 Å². The largest absolute Gasteiger partial charge is 0.480 e. The van der Waals surface area contributed by atoms with E-state index in [0.29, 0.717) is 47.6 Å². The number of rotatable bonds is 9. The fraction of sp³-hybridized carbons (Fsp3) is 0.419. The van der Waals surface area contributed by atoms with Crippen molar-refractivity contribution in [2.24, 2.45) is 0 Å². The van der Waals surface area contributed by atoms with Crippen LogP contribution in [0.25, 0.3) is 10.4 Å². The number of ether oxygens (including phenoxy) is 3. The van der Waals surface area contributed by atoms with Crippen LogP contribution in [0.2, 0.25) is 0 Å². The SMILES string of the molecule is COC(=O)c1sc(-c2cccc(N(C3CCNCC3)S(=O)(=O)c3ccc(C(F)(F)F)cc3)c2)c(C)c1OCC(=O)OC(C)(C)C. The minimum atomic E-state index is -4.61. The zero-order chi connectivity index (χ0) is 33.2. The molecule has 0 saturated carbocycles. The Kier molecular flexibility index (Phi) is 10.2. The Morgan fingerprint density at radius 3 is 2.27 bits per heavy atom. The standard InChI is InChI=1S/C31H35F3N2O7S2/c1-19-26(42-18-25(37)43-30(2,3)4)28(29(38)41-5)44-27(19)20-7-6-8-23(17-20)36(22-13-15-35-16-14-22)45(39,40)24-11-9-21(10-12-24)31(32,33)34/h6-12,17,22,35H,13-16,18H2,1-5H3. The summed E-state index contributed by atoms with van der Waals surface area (Å²) in [7, 11) is -3.07. The van der Waals surface area contributed by atoms with Crippen LogP contribution >= 0.6 is 11.3 Å². The highest BCUT2D eigenvalue weighted by Crippen LogP contribution is 2.43. The Labute approximate surface area is 264 Å². The number of nitrogens with one attached hydrogen (secondary N) is 1. The number of halogens is 3. The molecule has 9 nitrogen and oxygen atoms in total. The van der Waals surface area contributed by atoms with Gasteiger partial charge in [-0.25, -0.2) is 18.0 Å². The molecule has 0 atom stereocenters. The number of nitrogens with zero attached hydrogens (tertiary/aromatic N) is 1. The lowest BCUT2D eigenvalue weighted by atomic mass is 10.0. The van der Waals surface area contributed by atoms with Gasteiger partial charge in [0.15, 0.2) is 11.5 Å². The molecule has 1 saturated heterocycles. The molecule has 14 heteroatoms. The summed E-state index contributed by atoms with van der Waals surface area (Å²) in [6, 6.07) is 9.67. The first kappa shape index (κ1) is 34.3. The van der Waals surface area contributed by atoms with E-state index in [4.69, 9.17) is 14.2 Å². The summed E-state index contributed by atoms with van der Waals surface area (Å²) >= 11 is 1.06. The number of esters is 2. The van der Waals surface area contributed by atoms with Crippen molar-refractivity contribution >= 4 is 39.0 Å². The van der Waals surface area contributed by atoms with Crippen LogP contribution in [0.1, 0.15) is 54.4 Å². The van der Waals surface area contributed by atoms with Crippen LogP contribution in [-0.4, -0.2) is 58.8 Å². The van der Waals surface area contributed by atoms with Crippen molar-refractivity contribution in [1.82, 2.24) is 5.32 Å². The van der Waals surface area contributed by atoms with E-state index in [9.17, 15) is 31.2 Å². The van der Waals surface area contributed by atoms with Crippen molar-refractivity contribution in [3.05, 3.63) is 64.5 Å². The molecule has 0 amide bonds. The van der Waals surface area contributed by atoms with Crippen LogP contribution in [0, 0.1) is 6.92 Å². The number of carbonyl (C=O) groups excluding carboxylic acids is 2. The molecule has 1 aromatic heterocycles. The smallest absolute Gasteiger partial charge is 0.416 e. The van der Waals surface area contributed by atoms with E-state index in [-0.39, 0.29) is 15.5 Å². The summed E-state index contributed by atoms with van der Waals surface area (Å²) < 4.78 is 85.0. The van der Waals surface area contributed by atoms with Crippen molar-refractivity contribution in [2.45, 2.75) is 63.3 Å². The van der Waals surface area contributed by atoms with E-state index in [1.165, 1.54) is 11.4 Å². The average molecular weight is 669 g/mol. The van der Waals surface area contributed by atoms with Gasteiger partial charge in [-0.05, 0) is 95.6 Å². The summed E-state index contributed by atoms with van der Waals surface area (Å²) in [5, 5.41) is 3.20. The fourth-order valence-electron chi connectivity index (χ4n) is 4.98. The third-order valence-corrected chi connectivity index (χ3v) is 10.2. The van der Waals surface area contributed by atoms with Crippen molar-refractivity contribution in [1.29, 1.82) is 0 Å². The van der Waals surface area contributed by atoms with Crippen LogP contribution in [0.3, 0.4) is 0 Å². The number of hydrogen-bond donors (Lipinski definition) is 1. The van der Waals surface area contributed by atoms with Crippen molar-refractivity contribution in [3.8, 4) is 16.2 Å². The van der Waals surface area contributed by atoms with Gasteiger partial charge in [0.1, 0.15) is 11.4 Å². The number of thiophene rings is 1. The quantitative estimate of drug-likeness (QED) is 0.269. The Morgan fingerprint density at radius 1 is 1.04 bits per heavy atom. The predicted octanol–water partition coefficient (Wildman–Crippen LogP) is 6.20. The topological polar surface area (TPSA) is 111 Å². The molecule has 3 aromatic rings. The number of benzene rings is 2. The lowest BCUT2D eigenvalue weighted by molar-refractivity contribution is -0.157. The molecular formula is C31H35F3N2O7S2. The Bertz CT molecular complexity index is 1640. The summed E-state index contributed by atoms with van der Waals surface area (Å²) in [5.41, 5.74) is -0.282. The van der Waals surface area contributed by atoms with Crippen LogP contribution in [0.15, 0.2) is 53.4 Å². The average Bonchev–Trinajstić information content (AvgIpc) is 3.31. The molecule has 244 valence electrons. The maximum Gasteiger partial charge on any atom is 0.416 e. The zero-order valence-electron chi connectivity index (χ0n) is 25.5. The Hall–Kier alpha value is -3.62. The van der Waals surface area contributed by atoms with Crippen molar-refractivity contribution < 1.29 is 45.4 Å². The molecular weight excluding hydrogens is 633 g/mol. The molecule has 0 bridgehead atoms. The van der Waals surface area contributed by atoms with Crippen LogP contribution in [0.4, 0.5) is 18.9 Å². The number of sulfonamides is 1. The Balaban J connectivity index is 1.76. The molecule has 2 heterocycles. The lowest BCUT2D eigenvalue weighted by Crippen LogP contribution is -2.46. The second-order valence-electron chi connectivity index (χ2n) is 11.4.